The van der Waals surface area contributed by atoms with Crippen LogP contribution in [0.1, 0.15) is 12.8 Å². The molecule has 1 aliphatic heterocycles. The van der Waals surface area contributed by atoms with E-state index in [1.807, 2.05) is 0 Å². The van der Waals surface area contributed by atoms with Crippen LogP contribution >= 0.6 is 12.4 Å². The molecule has 0 fully saturated rings. The van der Waals surface area contributed by atoms with Gasteiger partial charge in [-0.25, -0.2) is 4.79 Å². The number of aliphatic carboxylic acids is 1. The van der Waals surface area contributed by atoms with Gasteiger partial charge in [0.2, 0.25) is 0 Å². The van der Waals surface area contributed by atoms with Crippen molar-refractivity contribution >= 4 is 18.4 Å². The Morgan fingerprint density at radius 1 is 1.64 bits per heavy atom. The van der Waals surface area contributed by atoms with Crippen LogP contribution < -0.4 is 11.1 Å². The van der Waals surface area contributed by atoms with E-state index in [0.29, 0.717) is 17.8 Å². The average molecular weight is 179 g/mol. The first-order chi connectivity index (χ1) is 4.72. The predicted molar refractivity (Wildman–Crippen MR) is 43.3 cm³/mol. The fraction of sp³-hybridized carbons (Fsp3) is 0.500. The molecular weight excluding hydrogens is 168 g/mol. The van der Waals surface area contributed by atoms with Gasteiger partial charge in [-0.15, -0.1) is 12.4 Å². The van der Waals surface area contributed by atoms with Crippen molar-refractivity contribution in [1.29, 1.82) is 0 Å². The van der Waals surface area contributed by atoms with Gasteiger partial charge >= 0.3 is 5.97 Å². The minimum absolute atomic E-state index is 0. The van der Waals surface area contributed by atoms with Gasteiger partial charge in [0.15, 0.2) is 0 Å². The Labute approximate surface area is 70.9 Å². The normalized spacial score (nSPS) is 16.7. The summed E-state index contributed by atoms with van der Waals surface area (Å²) in [5.41, 5.74) is 5.68. The molecule has 0 unspecified atom stereocenters. The minimum Gasteiger partial charge on any atom is -0.478 e. The zero-order chi connectivity index (χ0) is 7.56. The van der Waals surface area contributed by atoms with Gasteiger partial charge in [-0.1, -0.05) is 0 Å². The van der Waals surface area contributed by atoms with Crippen molar-refractivity contribution in [2.24, 2.45) is 5.73 Å². The Hall–Kier alpha value is -0.900. The molecule has 0 atom stereocenters. The molecule has 11 heavy (non-hydrogen) atoms. The topological polar surface area (TPSA) is 75.4 Å². The third-order valence-corrected chi connectivity index (χ3v) is 1.50. The van der Waals surface area contributed by atoms with Gasteiger partial charge in [-0.2, -0.15) is 0 Å². The summed E-state index contributed by atoms with van der Waals surface area (Å²) in [4.78, 5) is 10.4. The van der Waals surface area contributed by atoms with E-state index in [4.69, 9.17) is 10.8 Å². The lowest BCUT2D eigenvalue weighted by Crippen LogP contribution is -2.29. The highest BCUT2D eigenvalue weighted by Gasteiger charge is 2.15. The highest BCUT2D eigenvalue weighted by atomic mass is 35.5. The van der Waals surface area contributed by atoms with Crippen molar-refractivity contribution in [2.75, 3.05) is 6.54 Å². The third kappa shape index (κ3) is 2.31. The first-order valence-electron chi connectivity index (χ1n) is 3.17. The summed E-state index contributed by atoms with van der Waals surface area (Å²) in [5, 5.41) is 11.3. The standard InChI is InChI=1S/C6H10N2O2.ClH/c7-5-4(6(9)10)2-1-3-8-5;/h8H,1-3,7H2,(H,9,10);1H. The van der Waals surface area contributed by atoms with Crippen LogP contribution in [0.25, 0.3) is 0 Å². The Morgan fingerprint density at radius 3 is 2.64 bits per heavy atom. The molecule has 5 heteroatoms. The number of carboxylic acids is 1. The SMILES string of the molecule is Cl.NC1=C(C(=O)O)CCCN1. The fourth-order valence-electron chi connectivity index (χ4n) is 0.952. The lowest BCUT2D eigenvalue weighted by atomic mass is 10.1. The van der Waals surface area contributed by atoms with Crippen LogP contribution in [0, 0.1) is 0 Å². The first kappa shape index (κ1) is 10.1. The van der Waals surface area contributed by atoms with Crippen LogP contribution in [-0.2, 0) is 4.79 Å². The van der Waals surface area contributed by atoms with Gasteiger partial charge < -0.3 is 16.2 Å². The molecule has 0 bridgehead atoms. The minimum atomic E-state index is -0.912. The van der Waals surface area contributed by atoms with E-state index >= 15 is 0 Å². The summed E-state index contributed by atoms with van der Waals surface area (Å²) < 4.78 is 0. The molecule has 0 spiro atoms. The lowest BCUT2D eigenvalue weighted by molar-refractivity contribution is -0.133. The van der Waals surface area contributed by atoms with Crippen molar-refractivity contribution in [2.45, 2.75) is 12.8 Å². The lowest BCUT2D eigenvalue weighted by Gasteiger charge is -2.15. The maximum absolute atomic E-state index is 10.4. The highest BCUT2D eigenvalue weighted by Crippen LogP contribution is 2.10. The summed E-state index contributed by atoms with van der Waals surface area (Å²) in [5.74, 6) is -0.594. The highest BCUT2D eigenvalue weighted by molar-refractivity contribution is 5.87. The average Bonchev–Trinajstić information content (AvgIpc) is 1.88. The van der Waals surface area contributed by atoms with E-state index in [2.05, 4.69) is 5.32 Å². The first-order valence-corrected chi connectivity index (χ1v) is 3.17. The van der Waals surface area contributed by atoms with Crippen molar-refractivity contribution in [3.63, 3.8) is 0 Å². The fourth-order valence-corrected chi connectivity index (χ4v) is 0.952. The molecule has 0 saturated carbocycles. The maximum Gasteiger partial charge on any atom is 0.335 e. The summed E-state index contributed by atoms with van der Waals surface area (Å²) in [6.07, 6.45) is 1.43. The van der Waals surface area contributed by atoms with E-state index in [0.717, 1.165) is 13.0 Å². The molecule has 4 N–H and O–H groups in total. The number of carboxylic acid groups (broad SMARTS) is 1. The van der Waals surface area contributed by atoms with Crippen LogP contribution in [0.2, 0.25) is 0 Å². The molecule has 0 aromatic heterocycles. The summed E-state index contributed by atoms with van der Waals surface area (Å²) >= 11 is 0. The second-order valence-corrected chi connectivity index (χ2v) is 2.23. The van der Waals surface area contributed by atoms with Crippen molar-refractivity contribution < 1.29 is 9.90 Å². The van der Waals surface area contributed by atoms with E-state index in [9.17, 15) is 4.79 Å². The van der Waals surface area contributed by atoms with Crippen LogP contribution in [0.4, 0.5) is 0 Å². The second kappa shape index (κ2) is 4.08. The van der Waals surface area contributed by atoms with Gasteiger partial charge in [0.25, 0.3) is 0 Å². The molecule has 0 radical (unpaired) electrons. The molecular formula is C6H11ClN2O2. The van der Waals surface area contributed by atoms with Gasteiger partial charge in [0.05, 0.1) is 5.57 Å². The van der Waals surface area contributed by atoms with Gasteiger partial charge in [0.1, 0.15) is 5.82 Å². The van der Waals surface area contributed by atoms with E-state index < -0.39 is 5.97 Å². The van der Waals surface area contributed by atoms with Crippen molar-refractivity contribution in [3.8, 4) is 0 Å². The molecule has 0 aromatic carbocycles. The number of nitrogens with two attached hydrogens (primary N) is 1. The Kier molecular flexibility index (Phi) is 3.74. The zero-order valence-corrected chi connectivity index (χ0v) is 6.78. The smallest absolute Gasteiger partial charge is 0.335 e. The van der Waals surface area contributed by atoms with E-state index in [1.165, 1.54) is 0 Å². The molecule has 1 rings (SSSR count). The predicted octanol–water partition coefficient (Wildman–Crippen LogP) is 0.0465. The van der Waals surface area contributed by atoms with E-state index in [-0.39, 0.29) is 12.4 Å². The molecule has 0 aromatic rings. The van der Waals surface area contributed by atoms with Crippen molar-refractivity contribution in [1.82, 2.24) is 5.32 Å². The maximum atomic E-state index is 10.4. The van der Waals surface area contributed by atoms with Crippen LogP contribution in [-0.4, -0.2) is 17.6 Å². The molecule has 1 aliphatic rings. The molecule has 0 amide bonds. The summed E-state index contributed by atoms with van der Waals surface area (Å²) in [7, 11) is 0. The number of rotatable bonds is 1. The Balaban J connectivity index is 0.000001000. The molecule has 1 heterocycles. The van der Waals surface area contributed by atoms with Crippen LogP contribution in [0.5, 0.6) is 0 Å². The molecule has 0 aliphatic carbocycles. The quantitative estimate of drug-likeness (QED) is 0.530. The summed E-state index contributed by atoms with van der Waals surface area (Å²) in [6, 6.07) is 0. The third-order valence-electron chi connectivity index (χ3n) is 1.50. The van der Waals surface area contributed by atoms with Gasteiger partial charge in [-0.05, 0) is 12.8 Å². The number of hydrogen-bond donors (Lipinski definition) is 3. The van der Waals surface area contributed by atoms with Gasteiger partial charge in [-0.3, -0.25) is 0 Å². The second-order valence-electron chi connectivity index (χ2n) is 2.23. The summed E-state index contributed by atoms with van der Waals surface area (Å²) in [6.45, 7) is 0.780. The Bertz CT molecular complexity index is 191. The van der Waals surface area contributed by atoms with Crippen LogP contribution in [0.3, 0.4) is 0 Å². The van der Waals surface area contributed by atoms with Gasteiger partial charge in [0, 0.05) is 6.54 Å². The molecule has 4 nitrogen and oxygen atoms in total. The monoisotopic (exact) mass is 178 g/mol. The largest absolute Gasteiger partial charge is 0.478 e. The molecule has 0 saturated heterocycles. The number of halogens is 1. The number of nitrogens with one attached hydrogen (secondary N) is 1. The Morgan fingerprint density at radius 2 is 2.27 bits per heavy atom. The number of carbonyl (C=O) groups is 1. The van der Waals surface area contributed by atoms with E-state index in [1.54, 1.807) is 0 Å². The number of hydrogen-bond acceptors (Lipinski definition) is 3. The zero-order valence-electron chi connectivity index (χ0n) is 5.96. The van der Waals surface area contributed by atoms with Crippen LogP contribution in [0.15, 0.2) is 11.4 Å². The molecule has 64 valence electrons. The van der Waals surface area contributed by atoms with Crippen molar-refractivity contribution in [3.05, 3.63) is 11.4 Å².